The molecule has 0 N–H and O–H groups in total. The van der Waals surface area contributed by atoms with E-state index in [0.717, 1.165) is 0 Å². The minimum Gasteiger partial charge on any atom is -0.360 e. The zero-order valence-electron chi connectivity index (χ0n) is 18.5. The summed E-state index contributed by atoms with van der Waals surface area (Å²) in [6, 6.07) is 45.9. The van der Waals surface area contributed by atoms with Crippen molar-refractivity contribution in [1.29, 1.82) is 0 Å². The van der Waals surface area contributed by atoms with Crippen molar-refractivity contribution in [1.82, 2.24) is 0 Å². The second-order valence-corrected chi connectivity index (χ2v) is 9.71. The van der Waals surface area contributed by atoms with Gasteiger partial charge >= 0.3 is 6.98 Å². The number of hydrogen-bond acceptors (Lipinski definition) is 3. The Balaban J connectivity index is 1.49. The lowest BCUT2D eigenvalue weighted by Gasteiger charge is -2.30. The second-order valence-electron chi connectivity index (χ2n) is 8.63. The van der Waals surface area contributed by atoms with Crippen molar-refractivity contribution in [2.24, 2.45) is 0 Å². The molecular formula is C30H21BN2S. The van der Waals surface area contributed by atoms with Crippen LogP contribution in [-0.4, -0.2) is 6.98 Å². The van der Waals surface area contributed by atoms with E-state index in [1.54, 1.807) is 0 Å². The topological polar surface area (TPSA) is 6.48 Å². The molecule has 0 amide bonds. The molecule has 4 heteroatoms. The lowest BCUT2D eigenvalue weighted by Crippen LogP contribution is -2.53. The number of para-hydroxylation sites is 3. The predicted octanol–water partition coefficient (Wildman–Crippen LogP) is 7.74. The lowest BCUT2D eigenvalue weighted by atomic mass is 9.64. The fraction of sp³-hybridized carbons (Fsp3) is 0. The van der Waals surface area contributed by atoms with Crippen LogP contribution in [0.4, 0.5) is 22.7 Å². The van der Waals surface area contributed by atoms with Gasteiger partial charge in [-0.2, -0.15) is 0 Å². The number of fused-ring (bicyclic) bond motifs is 4. The first kappa shape index (κ1) is 19.5. The SMILES string of the molecule is c1ccc(B2N(c3ccccc3)c3ccccc3N2c2ccc3sc4ccccc4c3c2)cc1. The molecule has 1 aromatic heterocycles. The van der Waals surface area contributed by atoms with Crippen molar-refractivity contribution in [3.63, 3.8) is 0 Å². The molecular weight excluding hydrogens is 431 g/mol. The van der Waals surface area contributed by atoms with E-state index in [9.17, 15) is 0 Å². The average Bonchev–Trinajstić information content (AvgIpc) is 3.45. The van der Waals surface area contributed by atoms with E-state index in [4.69, 9.17) is 0 Å². The third-order valence-electron chi connectivity index (χ3n) is 6.66. The number of rotatable bonds is 3. The molecule has 0 bridgehead atoms. The smallest absolute Gasteiger partial charge is 0.360 e. The summed E-state index contributed by atoms with van der Waals surface area (Å²) in [4.78, 5) is 4.95. The molecule has 0 unspecified atom stereocenters. The molecule has 1 aliphatic heterocycles. The molecule has 0 spiro atoms. The number of benzene rings is 5. The van der Waals surface area contributed by atoms with Gasteiger partial charge in [0.15, 0.2) is 0 Å². The van der Waals surface area contributed by atoms with Crippen LogP contribution < -0.4 is 15.1 Å². The Kier molecular flexibility index (Phi) is 4.46. The molecule has 0 radical (unpaired) electrons. The largest absolute Gasteiger partial charge is 0.420 e. The molecule has 0 atom stereocenters. The van der Waals surface area contributed by atoms with Crippen molar-refractivity contribution < 1.29 is 0 Å². The van der Waals surface area contributed by atoms with Gasteiger partial charge in [0.05, 0.1) is 11.4 Å². The molecule has 0 fully saturated rings. The normalized spacial score (nSPS) is 13.1. The van der Waals surface area contributed by atoms with Crippen molar-refractivity contribution in [3.8, 4) is 0 Å². The van der Waals surface area contributed by atoms with Gasteiger partial charge in [-0.1, -0.05) is 78.9 Å². The monoisotopic (exact) mass is 452 g/mol. The molecule has 0 saturated heterocycles. The first-order valence-corrected chi connectivity index (χ1v) is 12.4. The number of nitrogens with zero attached hydrogens (tertiary/aromatic N) is 2. The first-order chi connectivity index (χ1) is 16.9. The van der Waals surface area contributed by atoms with Gasteiger partial charge in [-0.15, -0.1) is 11.3 Å². The maximum atomic E-state index is 2.49. The Morgan fingerprint density at radius 1 is 0.471 bits per heavy atom. The fourth-order valence-corrected chi connectivity index (χ4v) is 6.27. The summed E-state index contributed by atoms with van der Waals surface area (Å²) in [5.74, 6) is 0. The Labute approximate surface area is 203 Å². The highest BCUT2D eigenvalue weighted by Gasteiger charge is 2.43. The molecule has 0 saturated carbocycles. The van der Waals surface area contributed by atoms with Gasteiger partial charge in [-0.05, 0) is 54.0 Å². The fourth-order valence-electron chi connectivity index (χ4n) is 5.19. The highest BCUT2D eigenvalue weighted by molar-refractivity contribution is 7.25. The molecule has 2 nitrogen and oxygen atoms in total. The predicted molar refractivity (Wildman–Crippen MR) is 148 cm³/mol. The highest BCUT2D eigenvalue weighted by atomic mass is 32.1. The van der Waals surface area contributed by atoms with Crippen molar-refractivity contribution in [3.05, 3.63) is 127 Å². The number of thiophene rings is 1. The van der Waals surface area contributed by atoms with Gasteiger partial charge in [0.25, 0.3) is 0 Å². The van der Waals surface area contributed by atoms with Crippen LogP contribution in [0.15, 0.2) is 127 Å². The first-order valence-electron chi connectivity index (χ1n) is 11.6. The van der Waals surface area contributed by atoms with Gasteiger partial charge < -0.3 is 9.62 Å². The number of anilines is 4. The van der Waals surface area contributed by atoms with E-state index < -0.39 is 0 Å². The Morgan fingerprint density at radius 2 is 1.06 bits per heavy atom. The summed E-state index contributed by atoms with van der Waals surface area (Å²) in [5.41, 5.74) is 6.10. The second kappa shape index (κ2) is 7.79. The van der Waals surface area contributed by atoms with E-state index >= 15 is 0 Å². The van der Waals surface area contributed by atoms with Crippen LogP contribution >= 0.6 is 11.3 Å². The maximum Gasteiger partial charge on any atom is 0.420 e. The summed E-state index contributed by atoms with van der Waals surface area (Å²) in [5, 5.41) is 2.65. The van der Waals surface area contributed by atoms with Crippen molar-refractivity contribution in [2.45, 2.75) is 0 Å². The summed E-state index contributed by atoms with van der Waals surface area (Å²) >= 11 is 1.86. The molecule has 1 aliphatic rings. The molecule has 5 aromatic carbocycles. The van der Waals surface area contributed by atoms with Crippen LogP contribution in [0, 0.1) is 0 Å². The summed E-state index contributed by atoms with van der Waals surface area (Å²) in [6.45, 7) is 0.0170. The zero-order chi connectivity index (χ0) is 22.5. The minimum absolute atomic E-state index is 0.0170. The molecule has 34 heavy (non-hydrogen) atoms. The van der Waals surface area contributed by atoms with Crippen LogP contribution in [0.5, 0.6) is 0 Å². The third-order valence-corrected chi connectivity index (χ3v) is 7.81. The molecule has 0 aliphatic carbocycles. The van der Waals surface area contributed by atoms with Crippen LogP contribution in [0.25, 0.3) is 20.2 Å². The van der Waals surface area contributed by atoms with Crippen LogP contribution in [0.1, 0.15) is 0 Å². The Morgan fingerprint density at radius 3 is 1.82 bits per heavy atom. The summed E-state index contributed by atoms with van der Waals surface area (Å²) < 4.78 is 2.66. The molecule has 2 heterocycles. The van der Waals surface area contributed by atoms with Crippen molar-refractivity contribution >= 4 is 66.7 Å². The number of hydrogen-bond donors (Lipinski definition) is 0. The van der Waals surface area contributed by atoms with E-state index in [0.29, 0.717) is 0 Å². The van der Waals surface area contributed by atoms with E-state index in [1.807, 2.05) is 11.3 Å². The van der Waals surface area contributed by atoms with Crippen LogP contribution in [0.3, 0.4) is 0 Å². The van der Waals surface area contributed by atoms with Crippen LogP contribution in [-0.2, 0) is 0 Å². The molecule has 160 valence electrons. The Hall–Kier alpha value is -4.02. The lowest BCUT2D eigenvalue weighted by molar-refractivity contribution is 1.40. The summed E-state index contributed by atoms with van der Waals surface area (Å²) in [7, 11) is 0. The Bertz CT molecular complexity index is 1630. The zero-order valence-corrected chi connectivity index (χ0v) is 19.3. The van der Waals surface area contributed by atoms with Gasteiger partial charge in [-0.3, -0.25) is 0 Å². The summed E-state index contributed by atoms with van der Waals surface area (Å²) in [6.07, 6.45) is 0. The van der Waals surface area contributed by atoms with Crippen LogP contribution in [0.2, 0.25) is 0 Å². The highest BCUT2D eigenvalue weighted by Crippen LogP contribution is 2.47. The minimum atomic E-state index is 0.0170. The quantitative estimate of drug-likeness (QED) is 0.254. The van der Waals surface area contributed by atoms with Crippen molar-refractivity contribution in [2.75, 3.05) is 9.62 Å². The van der Waals surface area contributed by atoms with Gasteiger partial charge in [0.1, 0.15) is 0 Å². The van der Waals surface area contributed by atoms with E-state index in [2.05, 4.69) is 137 Å². The standard InChI is InChI=1S/C30H21BN2S/c1-3-11-22(12-4-1)31-32(23-13-5-2-6-14-23)27-16-8-9-17-28(27)33(31)24-19-20-30-26(21-24)25-15-7-10-18-29(25)34-30/h1-21H. The molecule has 6 aromatic rings. The molecule has 7 rings (SSSR count). The van der Waals surface area contributed by atoms with Gasteiger partial charge in [-0.25, -0.2) is 0 Å². The van der Waals surface area contributed by atoms with Gasteiger partial charge in [0, 0.05) is 31.5 Å². The van der Waals surface area contributed by atoms with E-state index in [1.165, 1.54) is 48.4 Å². The third kappa shape index (κ3) is 2.96. The van der Waals surface area contributed by atoms with E-state index in [-0.39, 0.29) is 6.98 Å². The maximum absolute atomic E-state index is 2.49. The average molecular weight is 452 g/mol. The van der Waals surface area contributed by atoms with Gasteiger partial charge in [0.2, 0.25) is 0 Å².